The molecule has 36 heavy (non-hydrogen) atoms. The van der Waals surface area contributed by atoms with Crippen molar-refractivity contribution in [1.82, 2.24) is 0 Å². The molecule has 0 saturated heterocycles. The Labute approximate surface area is 228 Å². The maximum atomic E-state index is 12.1. The van der Waals surface area contributed by atoms with Crippen molar-refractivity contribution < 1.29 is 12.6 Å². The molecule has 0 fully saturated rings. The molecule has 0 aromatic carbocycles. The Morgan fingerprint density at radius 1 is 0.361 bits per heavy atom. The van der Waals surface area contributed by atoms with Gasteiger partial charge in [0.15, 0.2) is 0 Å². The molecular formula is C32H66O3S. The minimum absolute atomic E-state index is 0.198. The van der Waals surface area contributed by atoms with Crippen molar-refractivity contribution in [2.24, 2.45) is 0 Å². The lowest BCUT2D eigenvalue weighted by atomic mass is 10.0. The molecule has 0 aliphatic heterocycles. The fourth-order valence-electron chi connectivity index (χ4n) is 5.01. The zero-order valence-corrected chi connectivity index (χ0v) is 25.7. The maximum absolute atomic E-state index is 12.1. The van der Waals surface area contributed by atoms with Crippen LogP contribution in [0.3, 0.4) is 0 Å². The Balaban J connectivity index is 3.29. The standard InChI is InChI=1S/C32H66O3S/c1-3-5-7-9-11-13-15-17-19-21-23-25-27-29-31-35-36(33,34)32-30-28-26-24-22-20-18-16-14-12-10-8-6-4-2/h3-32H2,1-2H3. The van der Waals surface area contributed by atoms with Crippen LogP contribution < -0.4 is 0 Å². The fourth-order valence-corrected chi connectivity index (χ4v) is 6.06. The normalized spacial score (nSPS) is 11.9. The highest BCUT2D eigenvalue weighted by atomic mass is 32.2. The van der Waals surface area contributed by atoms with E-state index < -0.39 is 10.1 Å². The molecule has 4 heteroatoms. The molecule has 0 N–H and O–H groups in total. The summed E-state index contributed by atoms with van der Waals surface area (Å²) in [4.78, 5) is 0. The molecule has 0 unspecified atom stereocenters. The van der Waals surface area contributed by atoms with E-state index in [1.54, 1.807) is 0 Å². The molecule has 0 aliphatic rings. The van der Waals surface area contributed by atoms with Gasteiger partial charge in [-0.3, -0.25) is 4.18 Å². The maximum Gasteiger partial charge on any atom is 0.267 e. The van der Waals surface area contributed by atoms with Crippen molar-refractivity contribution in [3.63, 3.8) is 0 Å². The second kappa shape index (κ2) is 29.5. The van der Waals surface area contributed by atoms with Gasteiger partial charge in [0.1, 0.15) is 0 Å². The molecule has 0 radical (unpaired) electrons. The van der Waals surface area contributed by atoms with Crippen molar-refractivity contribution in [3.8, 4) is 0 Å². The SMILES string of the molecule is CCCCCCCCCCCCCCCCOS(=O)(=O)CCCCCCCCCCCCCCCC. The molecule has 0 spiro atoms. The van der Waals surface area contributed by atoms with Crippen LogP contribution in [0.1, 0.15) is 194 Å². The van der Waals surface area contributed by atoms with Gasteiger partial charge in [-0.05, 0) is 12.8 Å². The molecule has 0 rings (SSSR count). The second-order valence-corrected chi connectivity index (χ2v) is 13.0. The van der Waals surface area contributed by atoms with Gasteiger partial charge in [0.25, 0.3) is 10.1 Å². The summed E-state index contributed by atoms with van der Waals surface area (Å²) < 4.78 is 29.3. The molecule has 0 heterocycles. The van der Waals surface area contributed by atoms with Gasteiger partial charge < -0.3 is 0 Å². The van der Waals surface area contributed by atoms with Gasteiger partial charge in [-0.2, -0.15) is 8.42 Å². The zero-order valence-electron chi connectivity index (χ0n) is 24.8. The van der Waals surface area contributed by atoms with Crippen molar-refractivity contribution >= 4 is 10.1 Å². The number of unbranched alkanes of at least 4 members (excludes halogenated alkanes) is 26. The first-order valence-corrected chi connectivity index (χ1v) is 18.1. The minimum Gasteiger partial charge on any atom is -0.270 e. The van der Waals surface area contributed by atoms with Crippen LogP contribution >= 0.6 is 0 Å². The highest BCUT2D eigenvalue weighted by molar-refractivity contribution is 7.86. The monoisotopic (exact) mass is 530 g/mol. The number of rotatable bonds is 31. The lowest BCUT2D eigenvalue weighted by Gasteiger charge is -2.06. The van der Waals surface area contributed by atoms with Crippen LogP contribution in [0.4, 0.5) is 0 Å². The molecule has 0 atom stereocenters. The molecular weight excluding hydrogens is 464 g/mol. The summed E-state index contributed by atoms with van der Waals surface area (Å²) >= 11 is 0. The van der Waals surface area contributed by atoms with Crippen LogP contribution in [0.2, 0.25) is 0 Å². The van der Waals surface area contributed by atoms with E-state index in [1.165, 1.54) is 148 Å². The topological polar surface area (TPSA) is 43.4 Å². The van der Waals surface area contributed by atoms with E-state index in [1.807, 2.05) is 0 Å². The van der Waals surface area contributed by atoms with Crippen LogP contribution in [0.5, 0.6) is 0 Å². The van der Waals surface area contributed by atoms with E-state index >= 15 is 0 Å². The van der Waals surface area contributed by atoms with Crippen molar-refractivity contribution in [2.45, 2.75) is 194 Å². The van der Waals surface area contributed by atoms with Gasteiger partial charge >= 0.3 is 0 Å². The van der Waals surface area contributed by atoms with Crippen LogP contribution in [0, 0.1) is 0 Å². The van der Waals surface area contributed by atoms with Gasteiger partial charge in [0, 0.05) is 0 Å². The number of hydrogen-bond acceptors (Lipinski definition) is 3. The molecule has 0 aliphatic carbocycles. The zero-order chi connectivity index (χ0) is 26.4. The van der Waals surface area contributed by atoms with E-state index in [2.05, 4.69) is 13.8 Å². The predicted molar refractivity (Wildman–Crippen MR) is 160 cm³/mol. The summed E-state index contributed by atoms with van der Waals surface area (Å²) in [6.45, 7) is 4.92. The quantitative estimate of drug-likeness (QED) is 0.0661. The third-order valence-electron chi connectivity index (χ3n) is 7.51. The van der Waals surface area contributed by atoms with Crippen molar-refractivity contribution in [2.75, 3.05) is 12.4 Å². The Kier molecular flexibility index (Phi) is 29.4. The molecule has 0 aromatic heterocycles. The Bertz CT molecular complexity index is 504. The van der Waals surface area contributed by atoms with Gasteiger partial charge in [0.2, 0.25) is 0 Å². The first-order valence-electron chi connectivity index (χ1n) is 16.5. The van der Waals surface area contributed by atoms with Gasteiger partial charge in [-0.15, -0.1) is 0 Å². The third kappa shape index (κ3) is 30.1. The minimum atomic E-state index is -3.32. The van der Waals surface area contributed by atoms with E-state index in [0.29, 0.717) is 6.61 Å². The second-order valence-electron chi connectivity index (χ2n) is 11.3. The van der Waals surface area contributed by atoms with E-state index in [4.69, 9.17) is 4.18 Å². The largest absolute Gasteiger partial charge is 0.270 e. The van der Waals surface area contributed by atoms with Crippen molar-refractivity contribution in [1.29, 1.82) is 0 Å². The molecule has 0 saturated carbocycles. The Hall–Kier alpha value is -0.0900. The van der Waals surface area contributed by atoms with Gasteiger partial charge in [0.05, 0.1) is 12.4 Å². The van der Waals surface area contributed by atoms with Gasteiger partial charge in [-0.1, -0.05) is 181 Å². The fraction of sp³-hybridized carbons (Fsp3) is 1.00. The Morgan fingerprint density at radius 2 is 0.611 bits per heavy atom. The molecule has 0 bridgehead atoms. The van der Waals surface area contributed by atoms with Crippen molar-refractivity contribution in [3.05, 3.63) is 0 Å². The summed E-state index contributed by atoms with van der Waals surface area (Å²) in [5, 5.41) is 0. The predicted octanol–water partition coefficient (Wildman–Crippen LogP) is 11.3. The summed E-state index contributed by atoms with van der Waals surface area (Å²) in [7, 11) is -3.32. The van der Waals surface area contributed by atoms with E-state index in [9.17, 15) is 8.42 Å². The third-order valence-corrected chi connectivity index (χ3v) is 8.82. The average Bonchev–Trinajstić information content (AvgIpc) is 2.86. The van der Waals surface area contributed by atoms with Crippen LogP contribution in [-0.4, -0.2) is 20.8 Å². The van der Waals surface area contributed by atoms with Crippen LogP contribution in [0.15, 0.2) is 0 Å². The Morgan fingerprint density at radius 3 is 0.917 bits per heavy atom. The van der Waals surface area contributed by atoms with E-state index in [0.717, 1.165) is 32.1 Å². The lowest BCUT2D eigenvalue weighted by Crippen LogP contribution is -2.11. The first-order chi connectivity index (χ1) is 17.6. The highest BCUT2D eigenvalue weighted by Crippen LogP contribution is 2.15. The summed E-state index contributed by atoms with van der Waals surface area (Å²) in [6.07, 6.45) is 36.3. The molecule has 3 nitrogen and oxygen atoms in total. The number of hydrogen-bond donors (Lipinski definition) is 0. The molecule has 218 valence electrons. The summed E-state index contributed by atoms with van der Waals surface area (Å²) in [5.74, 6) is 0.198. The molecule has 0 aromatic rings. The lowest BCUT2D eigenvalue weighted by molar-refractivity contribution is 0.305. The van der Waals surface area contributed by atoms with Crippen LogP contribution in [0.25, 0.3) is 0 Å². The smallest absolute Gasteiger partial charge is 0.267 e. The van der Waals surface area contributed by atoms with Gasteiger partial charge in [-0.25, -0.2) is 0 Å². The summed E-state index contributed by atoms with van der Waals surface area (Å²) in [5.41, 5.74) is 0. The molecule has 0 amide bonds. The summed E-state index contributed by atoms with van der Waals surface area (Å²) in [6, 6.07) is 0. The van der Waals surface area contributed by atoms with Crippen LogP contribution in [-0.2, 0) is 14.3 Å². The average molecular weight is 531 g/mol. The first kappa shape index (κ1) is 35.9. The van der Waals surface area contributed by atoms with E-state index in [-0.39, 0.29) is 5.75 Å². The highest BCUT2D eigenvalue weighted by Gasteiger charge is 2.10.